The summed E-state index contributed by atoms with van der Waals surface area (Å²) < 4.78 is 0. The van der Waals surface area contributed by atoms with Crippen LogP contribution in [0, 0.1) is 5.92 Å². The van der Waals surface area contributed by atoms with Crippen molar-refractivity contribution >= 4 is 17.6 Å². The van der Waals surface area contributed by atoms with Gasteiger partial charge in [-0.15, -0.1) is 0 Å². The fourth-order valence-electron chi connectivity index (χ4n) is 2.16. The van der Waals surface area contributed by atoms with Crippen LogP contribution in [-0.4, -0.2) is 29.0 Å². The summed E-state index contributed by atoms with van der Waals surface area (Å²) in [6.07, 6.45) is 3.73. The number of hydrogen-bond donors (Lipinski definition) is 1. The third-order valence-electron chi connectivity index (χ3n) is 3.06. The summed E-state index contributed by atoms with van der Waals surface area (Å²) >= 11 is 0. The zero-order chi connectivity index (χ0) is 11.7. The molecular formula is C11H14N2O3. The maximum Gasteiger partial charge on any atom is 0.227 e. The van der Waals surface area contributed by atoms with E-state index in [9.17, 15) is 14.4 Å². The third kappa shape index (κ3) is 1.98. The lowest BCUT2D eigenvalue weighted by Crippen LogP contribution is -2.29. The molecule has 2 aliphatic rings. The van der Waals surface area contributed by atoms with Crippen molar-refractivity contribution in [1.82, 2.24) is 4.90 Å². The predicted molar refractivity (Wildman–Crippen MR) is 56.0 cm³/mol. The van der Waals surface area contributed by atoms with Gasteiger partial charge in [-0.05, 0) is 12.8 Å². The van der Waals surface area contributed by atoms with Crippen molar-refractivity contribution in [3.05, 3.63) is 11.8 Å². The predicted octanol–water partition coefficient (Wildman–Crippen LogP) is -0.0429. The van der Waals surface area contributed by atoms with Gasteiger partial charge in [-0.25, -0.2) is 0 Å². The van der Waals surface area contributed by atoms with E-state index in [0.29, 0.717) is 13.0 Å². The number of rotatable bonds is 2. The number of primary amides is 1. The first-order valence-electron chi connectivity index (χ1n) is 5.41. The number of carbonyl (C=O) groups excluding carboxylic acids is 3. The second kappa shape index (κ2) is 4.08. The Balaban J connectivity index is 2.13. The van der Waals surface area contributed by atoms with Crippen LogP contribution in [0.25, 0.3) is 0 Å². The lowest BCUT2D eigenvalue weighted by atomic mass is 10.0. The first-order valence-corrected chi connectivity index (χ1v) is 5.41. The van der Waals surface area contributed by atoms with E-state index in [4.69, 9.17) is 5.73 Å². The quantitative estimate of drug-likeness (QED) is 0.711. The van der Waals surface area contributed by atoms with E-state index in [0.717, 1.165) is 18.5 Å². The van der Waals surface area contributed by atoms with E-state index in [1.807, 2.05) is 0 Å². The Morgan fingerprint density at radius 2 is 2.12 bits per heavy atom. The van der Waals surface area contributed by atoms with Crippen molar-refractivity contribution in [2.75, 3.05) is 6.54 Å². The number of carbonyl (C=O) groups is 3. The van der Waals surface area contributed by atoms with Crippen LogP contribution >= 0.6 is 0 Å². The molecule has 1 atom stereocenters. The van der Waals surface area contributed by atoms with Crippen LogP contribution in [0.2, 0.25) is 0 Å². The van der Waals surface area contributed by atoms with Gasteiger partial charge in [0.05, 0.1) is 5.92 Å². The van der Waals surface area contributed by atoms with Crippen molar-refractivity contribution in [1.29, 1.82) is 0 Å². The molecule has 5 nitrogen and oxygen atoms in total. The van der Waals surface area contributed by atoms with Gasteiger partial charge < -0.3 is 10.6 Å². The molecule has 0 bridgehead atoms. The molecule has 0 spiro atoms. The molecule has 0 radical (unpaired) electrons. The number of nitrogens with two attached hydrogens (primary N) is 1. The van der Waals surface area contributed by atoms with E-state index in [1.165, 1.54) is 11.0 Å². The summed E-state index contributed by atoms with van der Waals surface area (Å²) in [6.45, 7) is 0.327. The lowest BCUT2D eigenvalue weighted by molar-refractivity contribution is -0.127. The average Bonchev–Trinajstić information content (AvgIpc) is 2.60. The molecule has 86 valence electrons. The standard InChI is InChI=1S/C11H14N2O3/c12-11(16)7-4-10(15)13(6-7)8-2-1-3-9(14)5-8/h5,7H,1-4,6H2,(H2,12,16). The van der Waals surface area contributed by atoms with Crippen LogP contribution in [0.3, 0.4) is 0 Å². The Hall–Kier alpha value is -1.65. The lowest BCUT2D eigenvalue weighted by Gasteiger charge is -2.22. The molecule has 0 aromatic rings. The van der Waals surface area contributed by atoms with Crippen LogP contribution in [0.1, 0.15) is 25.7 Å². The van der Waals surface area contributed by atoms with Crippen LogP contribution in [-0.2, 0) is 14.4 Å². The second-order valence-electron chi connectivity index (χ2n) is 4.26. The number of ketones is 1. The summed E-state index contributed by atoms with van der Waals surface area (Å²) in [5.74, 6) is -0.912. The fourth-order valence-corrected chi connectivity index (χ4v) is 2.16. The molecule has 0 aromatic carbocycles. The molecule has 1 fully saturated rings. The molecule has 1 aliphatic carbocycles. The topological polar surface area (TPSA) is 80.5 Å². The van der Waals surface area contributed by atoms with E-state index < -0.39 is 11.8 Å². The maximum atomic E-state index is 11.7. The van der Waals surface area contributed by atoms with Crippen LogP contribution in [0.15, 0.2) is 11.8 Å². The van der Waals surface area contributed by atoms with Gasteiger partial charge in [0.25, 0.3) is 0 Å². The van der Waals surface area contributed by atoms with Crippen LogP contribution in [0.4, 0.5) is 0 Å². The number of amides is 2. The van der Waals surface area contributed by atoms with Crippen molar-refractivity contribution in [2.24, 2.45) is 11.7 Å². The smallest absolute Gasteiger partial charge is 0.227 e. The molecule has 1 unspecified atom stereocenters. The Labute approximate surface area is 93.3 Å². The first kappa shape index (κ1) is 10.9. The molecule has 2 N–H and O–H groups in total. The minimum absolute atomic E-state index is 0.0524. The Morgan fingerprint density at radius 1 is 1.38 bits per heavy atom. The van der Waals surface area contributed by atoms with Gasteiger partial charge in [0.15, 0.2) is 5.78 Å². The van der Waals surface area contributed by atoms with Crippen LogP contribution < -0.4 is 5.73 Å². The highest BCUT2D eigenvalue weighted by Crippen LogP contribution is 2.26. The molecule has 0 aromatic heterocycles. The number of hydrogen-bond acceptors (Lipinski definition) is 3. The normalized spacial score (nSPS) is 25.9. The molecular weight excluding hydrogens is 208 g/mol. The molecule has 2 amide bonds. The van der Waals surface area contributed by atoms with Crippen LogP contribution in [0.5, 0.6) is 0 Å². The van der Waals surface area contributed by atoms with Gasteiger partial charge in [-0.1, -0.05) is 0 Å². The summed E-state index contributed by atoms with van der Waals surface area (Å²) in [6, 6.07) is 0. The van der Waals surface area contributed by atoms with Gasteiger partial charge in [-0.3, -0.25) is 14.4 Å². The van der Waals surface area contributed by atoms with Crippen molar-refractivity contribution in [3.8, 4) is 0 Å². The average molecular weight is 222 g/mol. The van der Waals surface area contributed by atoms with E-state index in [1.54, 1.807) is 0 Å². The summed E-state index contributed by atoms with van der Waals surface area (Å²) in [5.41, 5.74) is 5.92. The minimum atomic E-state index is -0.446. The number of likely N-dealkylation sites (tertiary alicyclic amines) is 1. The molecule has 2 rings (SSSR count). The first-order chi connectivity index (χ1) is 7.58. The highest BCUT2D eigenvalue weighted by atomic mass is 16.2. The highest BCUT2D eigenvalue weighted by Gasteiger charge is 2.35. The Morgan fingerprint density at radius 3 is 2.69 bits per heavy atom. The molecule has 5 heteroatoms. The Kier molecular flexibility index (Phi) is 2.77. The largest absolute Gasteiger partial charge is 0.369 e. The van der Waals surface area contributed by atoms with Gasteiger partial charge in [0, 0.05) is 31.2 Å². The van der Waals surface area contributed by atoms with E-state index >= 15 is 0 Å². The number of allylic oxidation sites excluding steroid dienone is 2. The molecule has 1 aliphatic heterocycles. The minimum Gasteiger partial charge on any atom is -0.369 e. The van der Waals surface area contributed by atoms with Crippen molar-refractivity contribution in [3.63, 3.8) is 0 Å². The van der Waals surface area contributed by atoms with Gasteiger partial charge in [0.1, 0.15) is 0 Å². The number of nitrogens with zero attached hydrogens (tertiary/aromatic N) is 1. The molecule has 16 heavy (non-hydrogen) atoms. The van der Waals surface area contributed by atoms with Crippen molar-refractivity contribution < 1.29 is 14.4 Å². The highest BCUT2D eigenvalue weighted by molar-refractivity contribution is 5.93. The molecule has 0 saturated carbocycles. The third-order valence-corrected chi connectivity index (χ3v) is 3.06. The monoisotopic (exact) mass is 222 g/mol. The summed E-state index contributed by atoms with van der Waals surface area (Å²) in [5, 5.41) is 0. The zero-order valence-electron chi connectivity index (χ0n) is 8.94. The van der Waals surface area contributed by atoms with E-state index in [2.05, 4.69) is 0 Å². The summed E-state index contributed by atoms with van der Waals surface area (Å²) in [7, 11) is 0. The summed E-state index contributed by atoms with van der Waals surface area (Å²) in [4.78, 5) is 35.4. The van der Waals surface area contributed by atoms with E-state index in [-0.39, 0.29) is 18.1 Å². The van der Waals surface area contributed by atoms with Crippen molar-refractivity contribution in [2.45, 2.75) is 25.7 Å². The second-order valence-corrected chi connectivity index (χ2v) is 4.26. The van der Waals surface area contributed by atoms with Gasteiger partial charge in [-0.2, -0.15) is 0 Å². The van der Waals surface area contributed by atoms with Gasteiger partial charge >= 0.3 is 0 Å². The molecule has 1 heterocycles. The fraction of sp³-hybridized carbons (Fsp3) is 0.545. The van der Waals surface area contributed by atoms with Gasteiger partial charge in [0.2, 0.25) is 11.8 Å². The Bertz CT molecular complexity index is 387. The molecule has 1 saturated heterocycles. The maximum absolute atomic E-state index is 11.7. The zero-order valence-corrected chi connectivity index (χ0v) is 8.94. The SMILES string of the molecule is NC(=O)C1CC(=O)N(C2=CC(=O)CCC2)C1.